The Morgan fingerprint density at radius 3 is 3.00 bits per heavy atom. The zero-order valence-corrected chi connectivity index (χ0v) is 9.88. The molecule has 17 heavy (non-hydrogen) atoms. The zero-order chi connectivity index (χ0) is 11.8. The highest BCUT2D eigenvalue weighted by Gasteiger charge is 2.20. The molecule has 0 aliphatic carbocycles. The largest absolute Gasteiger partial charge is 0.491 e. The second-order valence-corrected chi connectivity index (χ2v) is 4.91. The second-order valence-electron chi connectivity index (χ2n) is 3.86. The molecule has 1 aliphatic heterocycles. The number of hydrogen-bond donors (Lipinski definition) is 1. The van der Waals surface area contributed by atoms with Crippen LogP contribution in [0.3, 0.4) is 0 Å². The Morgan fingerprint density at radius 1 is 1.35 bits per heavy atom. The van der Waals surface area contributed by atoms with E-state index in [1.54, 1.807) is 11.3 Å². The van der Waals surface area contributed by atoms with E-state index < -0.39 is 0 Å². The highest BCUT2D eigenvalue weighted by Crippen LogP contribution is 2.42. The molecule has 1 aliphatic rings. The van der Waals surface area contributed by atoms with E-state index in [0.717, 1.165) is 20.7 Å². The summed E-state index contributed by atoms with van der Waals surface area (Å²) in [4.78, 5) is 0.889. The van der Waals surface area contributed by atoms with E-state index >= 15 is 0 Å². The molecule has 0 unspecified atom stereocenters. The first-order valence-electron chi connectivity index (χ1n) is 5.34. The van der Waals surface area contributed by atoms with Gasteiger partial charge in [0.25, 0.3) is 0 Å². The number of thiophene rings is 1. The van der Waals surface area contributed by atoms with Gasteiger partial charge in [0.1, 0.15) is 5.75 Å². The molecule has 1 aromatic heterocycles. The van der Waals surface area contributed by atoms with Crippen LogP contribution in [0, 0.1) is 11.3 Å². The van der Waals surface area contributed by atoms with Crippen molar-refractivity contribution in [3.8, 4) is 11.8 Å². The molecule has 0 fully saturated rings. The monoisotopic (exact) mass is 242 g/mol. The quantitative estimate of drug-likeness (QED) is 0.772. The number of ether oxygens (including phenoxy) is 1. The molecular weight excluding hydrogens is 232 g/mol. The van der Waals surface area contributed by atoms with E-state index in [0.29, 0.717) is 24.3 Å². The first-order valence-corrected chi connectivity index (χ1v) is 6.16. The number of nitrogens with zero attached hydrogens (tertiary/aromatic N) is 1. The summed E-state index contributed by atoms with van der Waals surface area (Å²) in [6.45, 7) is 0.511. The maximum Gasteiger partial charge on any atom is 0.147 e. The first-order chi connectivity index (χ1) is 8.31. The minimum Gasteiger partial charge on any atom is -0.491 e. The maximum atomic E-state index is 9.05. The molecule has 0 saturated heterocycles. The van der Waals surface area contributed by atoms with Gasteiger partial charge in [0, 0.05) is 16.5 Å². The predicted octanol–water partition coefficient (Wildman–Crippen LogP) is 2.88. The number of nitrogens with two attached hydrogens (primary N) is 1. The molecule has 1 aromatic carbocycles. The van der Waals surface area contributed by atoms with Gasteiger partial charge in [0.15, 0.2) is 0 Å². The summed E-state index contributed by atoms with van der Waals surface area (Å²) in [5.74, 6) is 0.827. The summed E-state index contributed by atoms with van der Waals surface area (Å²) in [6, 6.07) is 10.2. The molecule has 84 valence electrons. The van der Waals surface area contributed by atoms with Crippen LogP contribution < -0.4 is 10.5 Å². The second kappa shape index (κ2) is 3.79. The third-order valence-electron chi connectivity index (χ3n) is 2.85. The topological polar surface area (TPSA) is 59.0 Å². The first kappa shape index (κ1) is 10.2. The van der Waals surface area contributed by atoms with E-state index in [1.165, 1.54) is 0 Å². The van der Waals surface area contributed by atoms with Gasteiger partial charge < -0.3 is 10.5 Å². The van der Waals surface area contributed by atoms with Crippen molar-refractivity contribution in [1.29, 1.82) is 5.26 Å². The normalized spacial score (nSPS) is 15.0. The molecule has 0 saturated carbocycles. The van der Waals surface area contributed by atoms with Crippen LogP contribution in [0.2, 0.25) is 0 Å². The molecular formula is C13H10N2OS. The van der Waals surface area contributed by atoms with Crippen LogP contribution in [0.1, 0.15) is 11.3 Å². The average molecular weight is 242 g/mol. The average Bonchev–Trinajstić information content (AvgIpc) is 2.65. The lowest BCUT2D eigenvalue weighted by atomic mass is 10.1. The molecule has 0 spiro atoms. The van der Waals surface area contributed by atoms with Gasteiger partial charge in [0.2, 0.25) is 0 Å². The SMILES string of the molecule is N#CC1=C(N)c2sc3ccccc3c2OCC1. The lowest BCUT2D eigenvalue weighted by Gasteiger charge is -2.02. The summed E-state index contributed by atoms with van der Waals surface area (Å²) in [7, 11) is 0. The lowest BCUT2D eigenvalue weighted by molar-refractivity contribution is 0.330. The van der Waals surface area contributed by atoms with Gasteiger partial charge in [-0.1, -0.05) is 12.1 Å². The van der Waals surface area contributed by atoms with Crippen LogP contribution in [-0.2, 0) is 0 Å². The summed E-state index contributed by atoms with van der Waals surface area (Å²) in [5, 5.41) is 10.1. The molecule has 0 amide bonds. The molecule has 2 heterocycles. The van der Waals surface area contributed by atoms with Crippen LogP contribution in [0.15, 0.2) is 29.8 Å². The van der Waals surface area contributed by atoms with Crippen molar-refractivity contribution in [2.75, 3.05) is 6.61 Å². The smallest absolute Gasteiger partial charge is 0.147 e. The van der Waals surface area contributed by atoms with Gasteiger partial charge in [-0.2, -0.15) is 5.26 Å². The predicted molar refractivity (Wildman–Crippen MR) is 68.7 cm³/mol. The summed E-state index contributed by atoms with van der Waals surface area (Å²) < 4.78 is 6.88. The molecule has 0 radical (unpaired) electrons. The van der Waals surface area contributed by atoms with Crippen molar-refractivity contribution in [2.45, 2.75) is 6.42 Å². The van der Waals surface area contributed by atoms with Gasteiger partial charge in [-0.05, 0) is 12.1 Å². The fourth-order valence-corrected chi connectivity index (χ4v) is 3.12. The maximum absolute atomic E-state index is 9.05. The highest BCUT2D eigenvalue weighted by molar-refractivity contribution is 7.20. The molecule has 3 nitrogen and oxygen atoms in total. The van der Waals surface area contributed by atoms with E-state index in [-0.39, 0.29) is 0 Å². The van der Waals surface area contributed by atoms with Crippen LogP contribution in [0.4, 0.5) is 0 Å². The van der Waals surface area contributed by atoms with Crippen molar-refractivity contribution in [3.63, 3.8) is 0 Å². The minimum atomic E-state index is 0.511. The van der Waals surface area contributed by atoms with Gasteiger partial charge in [-0.25, -0.2) is 0 Å². The summed E-state index contributed by atoms with van der Waals surface area (Å²) in [6.07, 6.45) is 0.581. The zero-order valence-electron chi connectivity index (χ0n) is 9.06. The third kappa shape index (κ3) is 1.48. The minimum absolute atomic E-state index is 0.511. The molecule has 3 rings (SSSR count). The standard InChI is InChI=1S/C13H10N2OS/c14-7-8-5-6-16-12-9-3-1-2-4-10(9)17-13(12)11(8)15/h1-4H,5-6,15H2. The number of hydrogen-bond acceptors (Lipinski definition) is 4. The van der Waals surface area contributed by atoms with Gasteiger partial charge in [-0.3, -0.25) is 0 Å². The van der Waals surface area contributed by atoms with E-state index in [9.17, 15) is 0 Å². The Morgan fingerprint density at radius 2 is 2.18 bits per heavy atom. The molecule has 0 atom stereocenters. The van der Waals surface area contributed by atoms with Gasteiger partial charge >= 0.3 is 0 Å². The van der Waals surface area contributed by atoms with Crippen molar-refractivity contribution in [2.24, 2.45) is 5.73 Å². The Labute approximate surface area is 103 Å². The van der Waals surface area contributed by atoms with Crippen molar-refractivity contribution in [3.05, 3.63) is 34.7 Å². The highest BCUT2D eigenvalue weighted by atomic mass is 32.1. The van der Waals surface area contributed by atoms with E-state index in [4.69, 9.17) is 15.7 Å². The molecule has 0 bridgehead atoms. The Balaban J connectivity index is 2.33. The molecule has 2 aromatic rings. The fourth-order valence-electron chi connectivity index (χ4n) is 1.99. The lowest BCUT2D eigenvalue weighted by Crippen LogP contribution is -1.98. The fraction of sp³-hybridized carbons (Fsp3) is 0.154. The van der Waals surface area contributed by atoms with E-state index in [1.807, 2.05) is 24.3 Å². The number of nitriles is 1. The Bertz CT molecular complexity index is 664. The van der Waals surface area contributed by atoms with Crippen LogP contribution >= 0.6 is 11.3 Å². The van der Waals surface area contributed by atoms with Crippen molar-refractivity contribution < 1.29 is 4.74 Å². The number of fused-ring (bicyclic) bond motifs is 3. The molecule has 2 N–H and O–H groups in total. The van der Waals surface area contributed by atoms with Gasteiger partial charge in [-0.15, -0.1) is 11.3 Å². The van der Waals surface area contributed by atoms with E-state index in [2.05, 4.69) is 6.07 Å². The van der Waals surface area contributed by atoms with Crippen molar-refractivity contribution in [1.82, 2.24) is 0 Å². The summed E-state index contributed by atoms with van der Waals surface area (Å²) >= 11 is 1.58. The van der Waals surface area contributed by atoms with Crippen LogP contribution in [0.25, 0.3) is 15.8 Å². The Hall–Kier alpha value is -1.99. The van der Waals surface area contributed by atoms with Gasteiger partial charge in [0.05, 0.1) is 28.8 Å². The third-order valence-corrected chi connectivity index (χ3v) is 4.04. The number of benzene rings is 1. The Kier molecular flexibility index (Phi) is 2.27. The molecule has 4 heteroatoms. The van der Waals surface area contributed by atoms with Crippen molar-refractivity contribution >= 4 is 27.1 Å². The van der Waals surface area contributed by atoms with Crippen LogP contribution in [-0.4, -0.2) is 6.61 Å². The number of rotatable bonds is 0. The van der Waals surface area contributed by atoms with Crippen LogP contribution in [0.5, 0.6) is 5.75 Å². The summed E-state index contributed by atoms with van der Waals surface area (Å²) in [5.41, 5.74) is 7.24.